The van der Waals surface area contributed by atoms with Crippen LogP contribution >= 0.6 is 0 Å². The second-order valence-electron chi connectivity index (χ2n) is 5.35. The molecule has 2 atom stereocenters. The largest absolute Gasteiger partial charge is 0.395 e. The maximum atomic E-state index is 13.4. The minimum atomic E-state index is -0.309. The second kappa shape index (κ2) is 6.81. The Morgan fingerprint density at radius 1 is 1.50 bits per heavy atom. The monoisotopic (exact) mass is 280 g/mol. The summed E-state index contributed by atoms with van der Waals surface area (Å²) >= 11 is 0. The maximum Gasteiger partial charge on any atom is 0.234 e. The third-order valence-corrected chi connectivity index (χ3v) is 3.97. The van der Waals surface area contributed by atoms with E-state index in [1.807, 2.05) is 4.90 Å². The molecule has 20 heavy (non-hydrogen) atoms. The molecule has 1 fully saturated rings. The highest BCUT2D eigenvalue weighted by Crippen LogP contribution is 2.22. The lowest BCUT2D eigenvalue weighted by Gasteiger charge is -2.24. The molecular weight excluding hydrogens is 259 g/mol. The molecule has 1 aromatic rings. The Morgan fingerprint density at radius 3 is 2.95 bits per heavy atom. The lowest BCUT2D eigenvalue weighted by atomic mass is 10.0. The zero-order valence-electron chi connectivity index (χ0n) is 11.7. The first-order valence-electron chi connectivity index (χ1n) is 6.97. The van der Waals surface area contributed by atoms with Gasteiger partial charge in [0.1, 0.15) is 5.82 Å². The van der Waals surface area contributed by atoms with Crippen molar-refractivity contribution in [3.63, 3.8) is 0 Å². The van der Waals surface area contributed by atoms with Crippen LogP contribution in [0.1, 0.15) is 18.9 Å². The number of hydrogen-bond donors (Lipinski definition) is 2. The summed E-state index contributed by atoms with van der Waals surface area (Å²) in [5, 5.41) is 12.1. The average Bonchev–Trinajstić information content (AvgIpc) is 2.78. The van der Waals surface area contributed by atoms with Crippen LogP contribution in [0, 0.1) is 11.7 Å². The lowest BCUT2D eigenvalue weighted by Crippen LogP contribution is -2.42. The van der Waals surface area contributed by atoms with Gasteiger partial charge in [0.05, 0.1) is 13.2 Å². The molecule has 1 aliphatic rings. The van der Waals surface area contributed by atoms with Crippen LogP contribution in [0.2, 0.25) is 0 Å². The lowest BCUT2D eigenvalue weighted by molar-refractivity contribution is -0.122. The van der Waals surface area contributed by atoms with Crippen LogP contribution in [0.4, 0.5) is 4.39 Å². The maximum absolute atomic E-state index is 13.4. The highest BCUT2D eigenvalue weighted by molar-refractivity contribution is 5.78. The number of aliphatic hydroxyl groups is 1. The van der Waals surface area contributed by atoms with Crippen molar-refractivity contribution in [1.29, 1.82) is 0 Å². The van der Waals surface area contributed by atoms with E-state index in [0.717, 1.165) is 13.0 Å². The van der Waals surface area contributed by atoms with Gasteiger partial charge in [0.25, 0.3) is 0 Å². The Bertz CT molecular complexity index is 467. The van der Waals surface area contributed by atoms with Crippen molar-refractivity contribution in [2.24, 2.45) is 5.92 Å². The van der Waals surface area contributed by atoms with Gasteiger partial charge in [0.2, 0.25) is 5.91 Å². The van der Waals surface area contributed by atoms with Gasteiger partial charge in [-0.2, -0.15) is 0 Å². The molecule has 1 saturated heterocycles. The van der Waals surface area contributed by atoms with Crippen molar-refractivity contribution in [2.75, 3.05) is 19.7 Å². The van der Waals surface area contributed by atoms with Crippen LogP contribution in [0.25, 0.3) is 0 Å². The normalized spacial score (nSPS) is 22.9. The topological polar surface area (TPSA) is 52.6 Å². The molecule has 5 heteroatoms. The second-order valence-corrected chi connectivity index (χ2v) is 5.35. The number of nitrogens with one attached hydrogen (secondary N) is 1. The summed E-state index contributed by atoms with van der Waals surface area (Å²) in [4.78, 5) is 13.9. The summed E-state index contributed by atoms with van der Waals surface area (Å²) < 4.78 is 13.4. The van der Waals surface area contributed by atoms with Crippen molar-refractivity contribution >= 4 is 5.91 Å². The first-order valence-corrected chi connectivity index (χ1v) is 6.97. The van der Waals surface area contributed by atoms with E-state index in [-0.39, 0.29) is 37.5 Å². The number of amides is 1. The van der Waals surface area contributed by atoms with E-state index >= 15 is 0 Å². The molecule has 4 nitrogen and oxygen atoms in total. The fourth-order valence-corrected chi connectivity index (χ4v) is 2.66. The first-order chi connectivity index (χ1) is 9.61. The van der Waals surface area contributed by atoms with Gasteiger partial charge < -0.3 is 10.4 Å². The van der Waals surface area contributed by atoms with Crippen LogP contribution in [-0.2, 0) is 11.3 Å². The number of hydrogen-bond acceptors (Lipinski definition) is 3. The van der Waals surface area contributed by atoms with Gasteiger partial charge in [-0.05, 0) is 24.9 Å². The van der Waals surface area contributed by atoms with Gasteiger partial charge >= 0.3 is 0 Å². The molecule has 1 aliphatic heterocycles. The molecular formula is C15H21FN2O2. The molecule has 0 saturated carbocycles. The van der Waals surface area contributed by atoms with E-state index in [0.29, 0.717) is 11.5 Å². The average molecular weight is 280 g/mol. The molecule has 0 aromatic heterocycles. The Balaban J connectivity index is 1.83. The fraction of sp³-hybridized carbons (Fsp3) is 0.533. The number of nitrogens with zero attached hydrogens (tertiary/aromatic N) is 1. The minimum Gasteiger partial charge on any atom is -0.395 e. The number of aliphatic hydroxyl groups excluding tert-OH is 1. The van der Waals surface area contributed by atoms with Crippen molar-refractivity contribution in [1.82, 2.24) is 10.2 Å². The highest BCUT2D eigenvalue weighted by Gasteiger charge is 2.31. The molecule has 0 aliphatic carbocycles. The van der Waals surface area contributed by atoms with Crippen molar-refractivity contribution < 1.29 is 14.3 Å². The molecule has 1 aromatic carbocycles. The predicted octanol–water partition coefficient (Wildman–Crippen LogP) is 1.14. The quantitative estimate of drug-likeness (QED) is 0.850. The van der Waals surface area contributed by atoms with Crippen molar-refractivity contribution in [3.05, 3.63) is 35.6 Å². The number of halogens is 1. The summed E-state index contributed by atoms with van der Waals surface area (Å²) in [6.07, 6.45) is 0.992. The molecule has 2 N–H and O–H groups in total. The number of benzene rings is 1. The molecule has 2 rings (SSSR count). The van der Waals surface area contributed by atoms with Crippen LogP contribution < -0.4 is 5.32 Å². The molecule has 2 unspecified atom stereocenters. The van der Waals surface area contributed by atoms with E-state index in [2.05, 4.69) is 12.2 Å². The highest BCUT2D eigenvalue weighted by atomic mass is 19.1. The third-order valence-electron chi connectivity index (χ3n) is 3.97. The van der Waals surface area contributed by atoms with Gasteiger partial charge in [-0.3, -0.25) is 9.69 Å². The SMILES string of the molecule is CC1CCN(CC(=O)NCc2ccccc2F)C1CO. The van der Waals surface area contributed by atoms with Gasteiger partial charge in [-0.25, -0.2) is 4.39 Å². The minimum absolute atomic E-state index is 0.0502. The van der Waals surface area contributed by atoms with Gasteiger partial charge in [0.15, 0.2) is 0 Å². The summed E-state index contributed by atoms with van der Waals surface area (Å²) in [6.45, 7) is 3.42. The summed E-state index contributed by atoms with van der Waals surface area (Å²) in [5.41, 5.74) is 0.481. The predicted molar refractivity (Wildman–Crippen MR) is 74.5 cm³/mol. The molecule has 0 spiro atoms. The third kappa shape index (κ3) is 3.55. The number of rotatable bonds is 5. The first kappa shape index (κ1) is 14.9. The number of likely N-dealkylation sites (tertiary alicyclic amines) is 1. The Morgan fingerprint density at radius 2 is 2.25 bits per heavy atom. The Labute approximate surface area is 118 Å². The zero-order valence-corrected chi connectivity index (χ0v) is 11.7. The summed E-state index contributed by atoms with van der Waals surface area (Å²) in [6, 6.07) is 6.46. The fourth-order valence-electron chi connectivity index (χ4n) is 2.66. The van der Waals surface area contributed by atoms with Gasteiger partial charge in [-0.1, -0.05) is 25.1 Å². The van der Waals surface area contributed by atoms with E-state index in [1.54, 1.807) is 18.2 Å². The molecule has 1 amide bonds. The van der Waals surface area contributed by atoms with Crippen LogP contribution in [-0.4, -0.2) is 41.7 Å². The zero-order chi connectivity index (χ0) is 14.5. The van der Waals surface area contributed by atoms with Crippen LogP contribution in [0.15, 0.2) is 24.3 Å². The summed E-state index contributed by atoms with van der Waals surface area (Å²) in [7, 11) is 0. The molecule has 0 bridgehead atoms. The Hall–Kier alpha value is -1.46. The van der Waals surface area contributed by atoms with E-state index in [4.69, 9.17) is 0 Å². The van der Waals surface area contributed by atoms with Gasteiger partial charge in [0, 0.05) is 18.2 Å². The van der Waals surface area contributed by atoms with E-state index in [1.165, 1.54) is 6.07 Å². The van der Waals surface area contributed by atoms with Crippen LogP contribution in [0.5, 0.6) is 0 Å². The van der Waals surface area contributed by atoms with Crippen molar-refractivity contribution in [3.8, 4) is 0 Å². The van der Waals surface area contributed by atoms with Crippen LogP contribution in [0.3, 0.4) is 0 Å². The standard InChI is InChI=1S/C15H21FN2O2/c1-11-6-7-18(14(11)10-19)9-15(20)17-8-12-4-2-3-5-13(12)16/h2-5,11,14,19H,6-10H2,1H3,(H,17,20). The molecule has 1 heterocycles. The number of carbonyl (C=O) groups excluding carboxylic acids is 1. The van der Waals surface area contributed by atoms with Crippen molar-refractivity contribution in [2.45, 2.75) is 25.9 Å². The van der Waals surface area contributed by atoms with E-state index < -0.39 is 0 Å². The summed E-state index contributed by atoms with van der Waals surface area (Å²) in [5.74, 6) is -0.0454. The smallest absolute Gasteiger partial charge is 0.234 e. The molecule has 110 valence electrons. The van der Waals surface area contributed by atoms with E-state index in [9.17, 15) is 14.3 Å². The molecule has 0 radical (unpaired) electrons. The Kier molecular flexibility index (Phi) is 5.09. The van der Waals surface area contributed by atoms with Gasteiger partial charge in [-0.15, -0.1) is 0 Å². The number of carbonyl (C=O) groups is 1.